The van der Waals surface area contributed by atoms with Gasteiger partial charge < -0.3 is 9.47 Å². The largest absolute Gasteiger partial charge is 0.481 e. The van der Waals surface area contributed by atoms with Crippen molar-refractivity contribution in [2.24, 2.45) is 0 Å². The number of methoxy groups -OCH3 is 1. The van der Waals surface area contributed by atoms with Crippen LogP contribution in [0.15, 0.2) is 35.4 Å². The summed E-state index contributed by atoms with van der Waals surface area (Å²) >= 11 is 0. The molecule has 0 aliphatic carbocycles. The zero-order valence-electron chi connectivity index (χ0n) is 15.8. The van der Waals surface area contributed by atoms with Gasteiger partial charge in [0.1, 0.15) is 18.2 Å². The lowest BCUT2D eigenvalue weighted by atomic mass is 10.1. The molecule has 156 valence electrons. The minimum atomic E-state index is -3.81. The summed E-state index contributed by atoms with van der Waals surface area (Å²) in [6.07, 6.45) is 1.50. The summed E-state index contributed by atoms with van der Waals surface area (Å²) in [5, 5.41) is 0.471. The Bertz CT molecular complexity index is 1270. The summed E-state index contributed by atoms with van der Waals surface area (Å²) < 4.78 is 62.6. The molecule has 11 heteroatoms. The van der Waals surface area contributed by atoms with Gasteiger partial charge in [-0.05, 0) is 18.2 Å². The van der Waals surface area contributed by atoms with Crippen LogP contribution in [0.3, 0.4) is 0 Å². The van der Waals surface area contributed by atoms with Crippen molar-refractivity contribution in [2.45, 2.75) is 18.0 Å². The lowest BCUT2D eigenvalue weighted by Crippen LogP contribution is -2.36. The Labute approximate surface area is 170 Å². The number of ether oxygens (including phenoxy) is 2. The molecule has 3 aromatic rings. The van der Waals surface area contributed by atoms with Crippen LogP contribution >= 0.6 is 0 Å². The number of benzene rings is 1. The molecule has 0 radical (unpaired) electrons. The third-order valence-corrected chi connectivity index (χ3v) is 5.75. The number of anilines is 1. The third kappa shape index (κ3) is 3.41. The predicted octanol–water partition coefficient (Wildman–Crippen LogP) is 2.98. The van der Waals surface area contributed by atoms with Crippen molar-refractivity contribution >= 4 is 32.7 Å². The summed E-state index contributed by atoms with van der Waals surface area (Å²) in [5.74, 6) is -1.87. The molecule has 1 amide bonds. The number of amides is 1. The number of halogens is 2. The highest BCUT2D eigenvalue weighted by atomic mass is 32.2. The molecular weight excluding hydrogens is 420 g/mol. The number of carbonyl (C=O) groups is 1. The van der Waals surface area contributed by atoms with E-state index < -0.39 is 44.6 Å². The van der Waals surface area contributed by atoms with E-state index in [0.29, 0.717) is 22.5 Å². The first-order valence-corrected chi connectivity index (χ1v) is 10.5. The van der Waals surface area contributed by atoms with E-state index in [1.165, 1.54) is 13.3 Å². The Hall–Kier alpha value is -3.34. The Balaban J connectivity index is 1.84. The van der Waals surface area contributed by atoms with Crippen molar-refractivity contribution in [2.75, 3.05) is 18.3 Å². The fourth-order valence-electron chi connectivity index (χ4n) is 3.18. The molecule has 8 nitrogen and oxygen atoms in total. The number of hydrogen-bond donors (Lipinski definition) is 0. The quantitative estimate of drug-likeness (QED) is 0.621. The number of pyridine rings is 2. The van der Waals surface area contributed by atoms with Crippen molar-refractivity contribution in [1.82, 2.24) is 9.97 Å². The number of cyclic esters (lactones) is 1. The number of carbonyl (C=O) groups excluding carboxylic acids is 1. The summed E-state index contributed by atoms with van der Waals surface area (Å²) in [6, 6.07) is 4.66. The Morgan fingerprint density at radius 1 is 1.23 bits per heavy atom. The Kier molecular flexibility index (Phi) is 4.77. The topological polar surface area (TPSA) is 98.7 Å². The van der Waals surface area contributed by atoms with Crippen LogP contribution in [-0.4, -0.2) is 37.8 Å². The second kappa shape index (κ2) is 7.17. The van der Waals surface area contributed by atoms with Gasteiger partial charge in [-0.15, -0.1) is 0 Å². The van der Waals surface area contributed by atoms with Crippen molar-refractivity contribution in [3.05, 3.63) is 53.2 Å². The van der Waals surface area contributed by atoms with Gasteiger partial charge in [0.15, 0.2) is 15.5 Å². The van der Waals surface area contributed by atoms with Gasteiger partial charge in [-0.25, -0.2) is 27.0 Å². The van der Waals surface area contributed by atoms with Gasteiger partial charge in [0, 0.05) is 35.0 Å². The highest BCUT2D eigenvalue weighted by molar-refractivity contribution is 7.90. The van der Waals surface area contributed by atoms with Gasteiger partial charge in [0.2, 0.25) is 5.88 Å². The Morgan fingerprint density at radius 2 is 1.93 bits per heavy atom. The molecule has 0 saturated heterocycles. The second-order valence-electron chi connectivity index (χ2n) is 6.64. The summed E-state index contributed by atoms with van der Waals surface area (Å²) in [7, 11) is -2.36. The predicted molar refractivity (Wildman–Crippen MR) is 102 cm³/mol. The molecule has 30 heavy (non-hydrogen) atoms. The molecule has 3 heterocycles. The summed E-state index contributed by atoms with van der Waals surface area (Å²) in [4.78, 5) is 21.5. The number of aromatic nitrogens is 2. The molecule has 0 unspecified atom stereocenters. The fraction of sp³-hybridized carbons (Fsp3) is 0.211. The maximum absolute atomic E-state index is 14.6. The van der Waals surface area contributed by atoms with Gasteiger partial charge in [-0.3, -0.25) is 4.90 Å². The van der Waals surface area contributed by atoms with Gasteiger partial charge in [-0.1, -0.05) is 0 Å². The second-order valence-corrected chi connectivity index (χ2v) is 8.65. The molecule has 1 aliphatic rings. The molecule has 1 aromatic carbocycles. The maximum atomic E-state index is 14.6. The summed E-state index contributed by atoms with van der Waals surface area (Å²) in [5.41, 5.74) is 0.694. The zero-order chi connectivity index (χ0) is 21.6. The highest BCUT2D eigenvalue weighted by Gasteiger charge is 2.31. The number of sulfone groups is 1. The fourth-order valence-corrected chi connectivity index (χ4v) is 3.82. The number of hydrogen-bond acceptors (Lipinski definition) is 7. The molecule has 0 N–H and O–H groups in total. The maximum Gasteiger partial charge on any atom is 0.414 e. The minimum Gasteiger partial charge on any atom is -0.481 e. The zero-order valence-corrected chi connectivity index (χ0v) is 16.7. The molecule has 0 bridgehead atoms. The first-order chi connectivity index (χ1) is 14.2. The van der Waals surface area contributed by atoms with Crippen LogP contribution in [0.2, 0.25) is 0 Å². The molecule has 4 rings (SSSR count). The highest BCUT2D eigenvalue weighted by Crippen LogP contribution is 2.35. The van der Waals surface area contributed by atoms with Crippen LogP contribution in [0.4, 0.5) is 19.3 Å². The molecule has 0 spiro atoms. The molecule has 1 aliphatic heterocycles. The molecule has 0 atom stereocenters. The van der Waals surface area contributed by atoms with Crippen molar-refractivity contribution in [1.29, 1.82) is 0 Å². The van der Waals surface area contributed by atoms with Crippen LogP contribution in [0.25, 0.3) is 11.0 Å². The number of nitrogens with zero attached hydrogens (tertiary/aromatic N) is 3. The van der Waals surface area contributed by atoms with Crippen LogP contribution in [-0.2, 0) is 27.7 Å². The number of fused-ring (bicyclic) bond motifs is 3. The first kappa shape index (κ1) is 20.0. The van der Waals surface area contributed by atoms with E-state index in [4.69, 9.17) is 9.47 Å². The van der Waals surface area contributed by atoms with Crippen molar-refractivity contribution in [3.8, 4) is 5.88 Å². The molecule has 0 fully saturated rings. The van der Waals surface area contributed by atoms with Crippen LogP contribution in [0.1, 0.15) is 11.1 Å². The van der Waals surface area contributed by atoms with E-state index in [0.717, 1.165) is 23.3 Å². The lowest BCUT2D eigenvalue weighted by molar-refractivity contribution is 0.141. The van der Waals surface area contributed by atoms with Crippen LogP contribution < -0.4 is 9.64 Å². The monoisotopic (exact) mass is 435 g/mol. The molecular formula is C19H15F2N3O5S. The number of rotatable bonds is 4. The van der Waals surface area contributed by atoms with E-state index in [-0.39, 0.29) is 12.3 Å². The van der Waals surface area contributed by atoms with Gasteiger partial charge in [-0.2, -0.15) is 4.98 Å². The normalized spacial score (nSPS) is 13.9. The van der Waals surface area contributed by atoms with E-state index in [1.807, 2.05) is 0 Å². The van der Waals surface area contributed by atoms with Crippen molar-refractivity contribution in [3.63, 3.8) is 0 Å². The Morgan fingerprint density at radius 3 is 2.57 bits per heavy atom. The average molecular weight is 435 g/mol. The standard InChI is InChI=1S/C19H15F2N3O5S/c1-28-16-4-3-12-17-10(7-22-18(12)23-16)9-29-19(25)24(17)8-13-14(20)5-11(6-15(13)21)30(2,26)27/h3-7H,8-9H2,1-2H3. The van der Waals surface area contributed by atoms with Gasteiger partial charge in [0.25, 0.3) is 0 Å². The van der Waals surface area contributed by atoms with Crippen molar-refractivity contribution < 1.29 is 31.5 Å². The molecule has 2 aromatic heterocycles. The van der Waals surface area contributed by atoms with Gasteiger partial charge >= 0.3 is 6.09 Å². The SMILES string of the molecule is COc1ccc2c3c(cnc2n1)COC(=O)N3Cc1c(F)cc(S(C)(=O)=O)cc1F. The van der Waals surface area contributed by atoms with E-state index >= 15 is 0 Å². The summed E-state index contributed by atoms with van der Waals surface area (Å²) in [6.45, 7) is -0.573. The van der Waals surface area contributed by atoms with Gasteiger partial charge in [0.05, 0.1) is 24.2 Å². The minimum absolute atomic E-state index is 0.0579. The molecule has 0 saturated carbocycles. The first-order valence-electron chi connectivity index (χ1n) is 8.64. The van der Waals surface area contributed by atoms with Crippen LogP contribution in [0.5, 0.6) is 5.88 Å². The third-order valence-electron chi connectivity index (χ3n) is 4.66. The van der Waals surface area contributed by atoms with E-state index in [9.17, 15) is 22.0 Å². The van der Waals surface area contributed by atoms with E-state index in [2.05, 4.69) is 9.97 Å². The van der Waals surface area contributed by atoms with Crippen LogP contribution in [0, 0.1) is 11.6 Å². The average Bonchev–Trinajstić information content (AvgIpc) is 2.70. The smallest absolute Gasteiger partial charge is 0.414 e. The van der Waals surface area contributed by atoms with E-state index in [1.54, 1.807) is 12.1 Å². The lowest BCUT2D eigenvalue weighted by Gasteiger charge is -2.30.